The van der Waals surface area contributed by atoms with Gasteiger partial charge < -0.3 is 14.2 Å². The highest BCUT2D eigenvalue weighted by Gasteiger charge is 2.63. The van der Waals surface area contributed by atoms with Gasteiger partial charge in [-0.3, -0.25) is 9.59 Å². The Morgan fingerprint density at radius 1 is 1.03 bits per heavy atom. The molecule has 0 N–H and O–H groups in total. The fraction of sp³-hybridized carbons (Fsp3) is 0.935. The topological polar surface area (TPSA) is 65.1 Å². The van der Waals surface area contributed by atoms with Gasteiger partial charge in [-0.2, -0.15) is 0 Å². The van der Waals surface area contributed by atoms with E-state index in [2.05, 4.69) is 41.5 Å². The summed E-state index contributed by atoms with van der Waals surface area (Å²) in [6.07, 6.45) is 9.28. The van der Waals surface area contributed by atoms with Gasteiger partial charge >= 0.3 is 11.9 Å². The quantitative estimate of drug-likeness (QED) is 0.309. The zero-order valence-electron chi connectivity index (χ0n) is 23.8. The van der Waals surface area contributed by atoms with E-state index in [4.69, 9.17) is 14.2 Å². The van der Waals surface area contributed by atoms with Crippen molar-refractivity contribution in [3.63, 3.8) is 0 Å². The highest BCUT2D eigenvalue weighted by atomic mass is 16.6. The molecule has 0 bridgehead atoms. The van der Waals surface area contributed by atoms with Crippen LogP contribution in [0.25, 0.3) is 0 Å². The summed E-state index contributed by atoms with van der Waals surface area (Å²) in [5.74, 6) is 3.72. The highest BCUT2D eigenvalue weighted by Crippen LogP contribution is 2.67. The van der Waals surface area contributed by atoms with Crippen molar-refractivity contribution in [3.8, 4) is 0 Å². The van der Waals surface area contributed by atoms with Crippen molar-refractivity contribution < 1.29 is 23.8 Å². The lowest BCUT2D eigenvalue weighted by atomic mass is 9.48. The molecule has 3 aliphatic carbocycles. The molecule has 5 aliphatic rings. The molecule has 5 nitrogen and oxygen atoms in total. The van der Waals surface area contributed by atoms with Gasteiger partial charge in [-0.1, -0.05) is 48.0 Å². The Kier molecular flexibility index (Phi) is 7.05. The molecule has 12 atom stereocenters. The van der Waals surface area contributed by atoms with E-state index < -0.39 is 0 Å². The van der Waals surface area contributed by atoms with E-state index in [-0.39, 0.29) is 29.4 Å². The fourth-order valence-corrected chi connectivity index (χ4v) is 10.2. The van der Waals surface area contributed by atoms with E-state index in [1.54, 1.807) is 0 Å². The van der Waals surface area contributed by atoms with Crippen molar-refractivity contribution in [2.75, 3.05) is 6.61 Å². The smallest absolute Gasteiger partial charge is 0.309 e. The number of cyclic esters (lactones) is 1. The van der Waals surface area contributed by atoms with E-state index in [1.165, 1.54) is 39.0 Å². The number of ether oxygens (including phenoxy) is 3. The zero-order chi connectivity index (χ0) is 26.0. The van der Waals surface area contributed by atoms with Crippen molar-refractivity contribution in [2.24, 2.45) is 58.2 Å². The predicted molar refractivity (Wildman–Crippen MR) is 139 cm³/mol. The first-order valence-electron chi connectivity index (χ1n) is 15.0. The molecule has 36 heavy (non-hydrogen) atoms. The van der Waals surface area contributed by atoms with Crippen molar-refractivity contribution in [2.45, 2.75) is 118 Å². The maximum atomic E-state index is 13.3. The van der Waals surface area contributed by atoms with Crippen molar-refractivity contribution >= 4 is 11.9 Å². The molecule has 5 unspecified atom stereocenters. The molecule has 5 rings (SSSR count). The number of hydrogen-bond acceptors (Lipinski definition) is 5. The van der Waals surface area contributed by atoms with Gasteiger partial charge in [-0.05, 0) is 97.2 Å². The van der Waals surface area contributed by atoms with Crippen LogP contribution in [0.5, 0.6) is 0 Å². The molecule has 0 radical (unpaired) electrons. The monoisotopic (exact) mass is 502 g/mol. The molecule has 204 valence electrons. The normalized spacial score (nSPS) is 47.6. The first-order valence-corrected chi connectivity index (χ1v) is 15.0. The third kappa shape index (κ3) is 4.24. The average Bonchev–Trinajstić information content (AvgIpc) is 3.52. The minimum Gasteiger partial charge on any atom is -0.465 e. The van der Waals surface area contributed by atoms with Crippen molar-refractivity contribution in [1.29, 1.82) is 0 Å². The highest BCUT2D eigenvalue weighted by molar-refractivity contribution is 5.74. The van der Waals surface area contributed by atoms with Crippen LogP contribution in [-0.2, 0) is 23.8 Å². The van der Waals surface area contributed by atoms with Crippen molar-refractivity contribution in [3.05, 3.63) is 0 Å². The molecule has 3 saturated carbocycles. The number of epoxide rings is 1. The number of hydrogen-bond donors (Lipinski definition) is 0. The first kappa shape index (κ1) is 26.5. The molecule has 0 amide bonds. The Labute approximate surface area is 218 Å². The predicted octanol–water partition coefficient (Wildman–Crippen LogP) is 6.43. The van der Waals surface area contributed by atoms with Crippen LogP contribution in [0.1, 0.15) is 99.8 Å². The zero-order valence-corrected chi connectivity index (χ0v) is 23.8. The lowest BCUT2D eigenvalue weighted by Crippen LogP contribution is -2.52. The number of fused-ring (bicyclic) bond motifs is 5. The second-order valence-electron chi connectivity index (χ2n) is 14.0. The maximum absolute atomic E-state index is 13.3. The fourth-order valence-electron chi connectivity index (χ4n) is 10.2. The van der Waals surface area contributed by atoms with Crippen LogP contribution >= 0.6 is 0 Å². The molecule has 5 heteroatoms. The van der Waals surface area contributed by atoms with Crippen molar-refractivity contribution in [1.82, 2.24) is 0 Å². The summed E-state index contributed by atoms with van der Waals surface area (Å²) < 4.78 is 18.0. The lowest BCUT2D eigenvalue weighted by molar-refractivity contribution is -0.163. The molecule has 0 aromatic rings. The van der Waals surface area contributed by atoms with E-state index in [1.807, 2.05) is 0 Å². The Balaban J connectivity index is 1.33. The summed E-state index contributed by atoms with van der Waals surface area (Å²) in [5, 5.41) is 0. The average molecular weight is 503 g/mol. The summed E-state index contributed by atoms with van der Waals surface area (Å²) in [7, 11) is 0. The van der Waals surface area contributed by atoms with Crippen LogP contribution in [0.2, 0.25) is 0 Å². The summed E-state index contributed by atoms with van der Waals surface area (Å²) in [6.45, 7) is 16.4. The van der Waals surface area contributed by atoms with Crippen LogP contribution in [0.4, 0.5) is 0 Å². The Morgan fingerprint density at radius 2 is 1.72 bits per heavy atom. The van der Waals surface area contributed by atoms with Gasteiger partial charge in [0.2, 0.25) is 0 Å². The number of rotatable bonds is 6. The van der Waals surface area contributed by atoms with Gasteiger partial charge in [0.1, 0.15) is 6.10 Å². The number of carbonyl (C=O) groups excluding carboxylic acids is 2. The van der Waals surface area contributed by atoms with Gasteiger partial charge in [-0.25, -0.2) is 0 Å². The molecule has 2 aliphatic heterocycles. The standard InChI is InChI=1S/C31H50O5/c1-8-21(17(2)3)28-27(36-28)18(4)23-9-10-24-22-16-34-29(33)26-15-20(35-19(5)32)11-13-31(26,7)25(22)12-14-30(23,24)6/h17-18,20-28H,8-16H2,1-7H3/t18-,20+,21-,22?,23?,24?,25?,26?,27+,28+,30+,31+/m0/s1. The number of carbonyl (C=O) groups is 2. The van der Waals surface area contributed by atoms with Crippen LogP contribution in [-0.4, -0.2) is 36.9 Å². The van der Waals surface area contributed by atoms with Crippen LogP contribution < -0.4 is 0 Å². The van der Waals surface area contributed by atoms with E-state index >= 15 is 0 Å². The van der Waals surface area contributed by atoms with E-state index in [0.29, 0.717) is 72.1 Å². The van der Waals surface area contributed by atoms with Gasteiger partial charge in [-0.15, -0.1) is 0 Å². The summed E-state index contributed by atoms with van der Waals surface area (Å²) in [6, 6.07) is 0. The first-order chi connectivity index (χ1) is 17.0. The Bertz CT molecular complexity index is 854. The van der Waals surface area contributed by atoms with E-state index in [9.17, 15) is 9.59 Å². The van der Waals surface area contributed by atoms with Crippen LogP contribution in [0, 0.1) is 58.2 Å². The summed E-state index contributed by atoms with van der Waals surface area (Å²) in [4.78, 5) is 24.9. The maximum Gasteiger partial charge on any atom is 0.309 e. The Hall–Kier alpha value is -1.10. The van der Waals surface area contributed by atoms with E-state index in [0.717, 1.165) is 12.8 Å². The molecule has 0 aromatic heterocycles. The molecule has 0 spiro atoms. The van der Waals surface area contributed by atoms with Crippen LogP contribution in [0.15, 0.2) is 0 Å². The van der Waals surface area contributed by atoms with Gasteiger partial charge in [0.25, 0.3) is 0 Å². The molecular weight excluding hydrogens is 452 g/mol. The lowest BCUT2D eigenvalue weighted by Gasteiger charge is -2.55. The molecule has 0 aromatic carbocycles. The second-order valence-corrected chi connectivity index (χ2v) is 14.0. The minimum atomic E-state index is -0.247. The minimum absolute atomic E-state index is 0.0538. The Morgan fingerprint density at radius 3 is 2.39 bits per heavy atom. The molecule has 5 fully saturated rings. The number of esters is 2. The van der Waals surface area contributed by atoms with Crippen LogP contribution in [0.3, 0.4) is 0 Å². The van der Waals surface area contributed by atoms with Gasteiger partial charge in [0.05, 0.1) is 24.7 Å². The molecule has 2 heterocycles. The third-order valence-electron chi connectivity index (χ3n) is 12.2. The molecular formula is C31H50O5. The van der Waals surface area contributed by atoms with Gasteiger partial charge in [0.15, 0.2) is 0 Å². The second kappa shape index (κ2) is 9.58. The largest absolute Gasteiger partial charge is 0.465 e. The third-order valence-corrected chi connectivity index (χ3v) is 12.2. The van der Waals surface area contributed by atoms with Gasteiger partial charge in [0, 0.05) is 6.92 Å². The summed E-state index contributed by atoms with van der Waals surface area (Å²) in [5.41, 5.74) is 0.240. The summed E-state index contributed by atoms with van der Waals surface area (Å²) >= 11 is 0. The SMILES string of the molecule is CC[C@@H](C(C)C)[C@H]1O[C@@H]1[C@@H](C)C1CCC2C3COC(=O)C4C[C@H](OC(C)=O)CC[C@]4(C)C3CC[C@@]21C. The molecule has 2 saturated heterocycles.